The van der Waals surface area contributed by atoms with E-state index in [1.807, 2.05) is 0 Å². The Morgan fingerprint density at radius 2 is 2.05 bits per heavy atom. The number of carbonyl (C=O) groups excluding carboxylic acids is 1. The van der Waals surface area contributed by atoms with E-state index >= 15 is 0 Å². The van der Waals surface area contributed by atoms with Crippen LogP contribution in [0.5, 0.6) is 5.75 Å². The molecule has 1 aromatic rings. The molecule has 0 bridgehead atoms. The molecule has 22 heavy (non-hydrogen) atoms. The number of benzene rings is 1. The molecule has 0 aliphatic rings. The van der Waals surface area contributed by atoms with E-state index < -0.39 is 0 Å². The maximum Gasteiger partial charge on any atom is 0.251 e. The first-order valence-electron chi connectivity index (χ1n) is 6.96. The molecular weight excluding hydrogens is 284 g/mol. The predicted octanol–water partition coefficient (Wildman–Crippen LogP) is 1.13. The van der Waals surface area contributed by atoms with Crippen LogP contribution in [0.4, 0.5) is 5.69 Å². The number of anilines is 1. The molecule has 0 fully saturated rings. The lowest BCUT2D eigenvalue weighted by molar-refractivity contribution is 0.0545. The molecule has 2 N–H and O–H groups in total. The van der Waals surface area contributed by atoms with Gasteiger partial charge < -0.3 is 24.8 Å². The lowest BCUT2D eigenvalue weighted by Gasteiger charge is -2.13. The number of amides is 1. The van der Waals surface area contributed by atoms with Gasteiger partial charge in [-0.15, -0.1) is 6.42 Å². The summed E-state index contributed by atoms with van der Waals surface area (Å²) in [7, 11) is 3.20. The van der Waals surface area contributed by atoms with Gasteiger partial charge in [0.1, 0.15) is 12.4 Å². The van der Waals surface area contributed by atoms with Crippen LogP contribution < -0.4 is 15.4 Å². The van der Waals surface area contributed by atoms with E-state index in [9.17, 15) is 4.79 Å². The minimum atomic E-state index is -0.176. The zero-order chi connectivity index (χ0) is 16.2. The highest BCUT2D eigenvalue weighted by Crippen LogP contribution is 2.25. The summed E-state index contributed by atoms with van der Waals surface area (Å²) >= 11 is 0. The van der Waals surface area contributed by atoms with Gasteiger partial charge in [-0.05, 0) is 18.2 Å². The third kappa shape index (κ3) is 6.04. The molecule has 6 nitrogen and oxygen atoms in total. The quantitative estimate of drug-likeness (QED) is 0.501. The van der Waals surface area contributed by atoms with Crippen LogP contribution in [0.1, 0.15) is 10.4 Å². The lowest BCUT2D eigenvalue weighted by atomic mass is 10.1. The average molecular weight is 306 g/mol. The van der Waals surface area contributed by atoms with E-state index in [1.54, 1.807) is 32.4 Å². The molecular formula is C16H22N2O4. The Kier molecular flexibility index (Phi) is 8.50. The van der Waals surface area contributed by atoms with Crippen molar-refractivity contribution in [1.29, 1.82) is 0 Å². The number of nitrogens with one attached hydrogen (secondary N) is 2. The first-order valence-corrected chi connectivity index (χ1v) is 6.96. The number of methoxy groups -OCH3 is 1. The molecule has 0 spiro atoms. The van der Waals surface area contributed by atoms with Crippen molar-refractivity contribution in [2.75, 3.05) is 52.4 Å². The Labute approximate surface area is 131 Å². The van der Waals surface area contributed by atoms with Gasteiger partial charge in [0.2, 0.25) is 0 Å². The van der Waals surface area contributed by atoms with Gasteiger partial charge in [-0.25, -0.2) is 0 Å². The van der Waals surface area contributed by atoms with Crippen molar-refractivity contribution in [3.8, 4) is 18.1 Å². The van der Waals surface area contributed by atoms with Gasteiger partial charge >= 0.3 is 0 Å². The van der Waals surface area contributed by atoms with Crippen molar-refractivity contribution in [1.82, 2.24) is 5.32 Å². The third-order valence-electron chi connectivity index (χ3n) is 2.77. The zero-order valence-electron chi connectivity index (χ0n) is 13.0. The smallest absolute Gasteiger partial charge is 0.251 e. The van der Waals surface area contributed by atoms with Crippen molar-refractivity contribution < 1.29 is 19.0 Å². The maximum absolute atomic E-state index is 11.7. The summed E-state index contributed by atoms with van der Waals surface area (Å²) in [6.45, 7) is 2.23. The van der Waals surface area contributed by atoms with E-state index in [4.69, 9.17) is 20.6 Å². The van der Waals surface area contributed by atoms with Crippen LogP contribution in [0.3, 0.4) is 0 Å². The molecule has 6 heteroatoms. The molecule has 1 rings (SSSR count). The van der Waals surface area contributed by atoms with Gasteiger partial charge in [0.25, 0.3) is 5.91 Å². The fourth-order valence-electron chi connectivity index (χ4n) is 1.67. The minimum absolute atomic E-state index is 0.176. The first kappa shape index (κ1) is 17.8. The van der Waals surface area contributed by atoms with Crippen molar-refractivity contribution in [3.05, 3.63) is 23.8 Å². The van der Waals surface area contributed by atoms with Crippen LogP contribution in [-0.2, 0) is 9.47 Å². The molecule has 0 atom stereocenters. The van der Waals surface area contributed by atoms with Gasteiger partial charge in [-0.3, -0.25) is 4.79 Å². The van der Waals surface area contributed by atoms with Gasteiger partial charge in [0.05, 0.1) is 32.1 Å². The summed E-state index contributed by atoms with van der Waals surface area (Å²) in [5.41, 5.74) is 1.26. The molecule has 1 aromatic carbocycles. The molecule has 0 unspecified atom stereocenters. The van der Waals surface area contributed by atoms with Gasteiger partial charge in [0, 0.05) is 19.7 Å². The normalized spacial score (nSPS) is 9.86. The number of terminal acetylenes is 1. The topological polar surface area (TPSA) is 68.8 Å². The highest BCUT2D eigenvalue weighted by molar-refractivity contribution is 5.95. The number of rotatable bonds is 10. The van der Waals surface area contributed by atoms with Crippen molar-refractivity contribution in [3.63, 3.8) is 0 Å². The second-order valence-corrected chi connectivity index (χ2v) is 4.30. The molecule has 0 saturated heterocycles. The fourth-order valence-corrected chi connectivity index (χ4v) is 1.67. The van der Waals surface area contributed by atoms with Crippen LogP contribution in [0, 0.1) is 12.3 Å². The summed E-state index contributed by atoms with van der Waals surface area (Å²) < 4.78 is 15.9. The molecule has 0 saturated carbocycles. The van der Waals surface area contributed by atoms with E-state index in [2.05, 4.69) is 16.6 Å². The van der Waals surface area contributed by atoms with Gasteiger partial charge in [0.15, 0.2) is 0 Å². The SMILES string of the molecule is C#CCNc1ccc(C(=O)NC)cc1OCCOCCOC. The summed E-state index contributed by atoms with van der Waals surface area (Å²) in [6.07, 6.45) is 5.24. The van der Waals surface area contributed by atoms with Crippen LogP contribution >= 0.6 is 0 Å². The van der Waals surface area contributed by atoms with Crippen molar-refractivity contribution in [2.45, 2.75) is 0 Å². The summed E-state index contributed by atoms with van der Waals surface area (Å²) in [5.74, 6) is 2.88. The van der Waals surface area contributed by atoms with Crippen LogP contribution in [0.15, 0.2) is 18.2 Å². The average Bonchev–Trinajstić information content (AvgIpc) is 2.55. The van der Waals surface area contributed by atoms with Crippen molar-refractivity contribution >= 4 is 11.6 Å². The van der Waals surface area contributed by atoms with Gasteiger partial charge in [-0.2, -0.15) is 0 Å². The largest absolute Gasteiger partial charge is 0.489 e. The molecule has 0 aliphatic carbocycles. The molecule has 120 valence electrons. The summed E-state index contributed by atoms with van der Waals surface area (Å²) in [6, 6.07) is 5.15. The van der Waals surface area contributed by atoms with E-state index in [1.165, 1.54) is 0 Å². The fraction of sp³-hybridized carbons (Fsp3) is 0.438. The molecule has 0 heterocycles. The molecule has 1 amide bonds. The Morgan fingerprint density at radius 3 is 2.73 bits per heavy atom. The van der Waals surface area contributed by atoms with Gasteiger partial charge in [-0.1, -0.05) is 5.92 Å². The highest BCUT2D eigenvalue weighted by Gasteiger charge is 2.09. The van der Waals surface area contributed by atoms with E-state index in [-0.39, 0.29) is 5.91 Å². The minimum Gasteiger partial charge on any atom is -0.489 e. The Balaban J connectivity index is 2.66. The second kappa shape index (κ2) is 10.5. The zero-order valence-corrected chi connectivity index (χ0v) is 13.0. The second-order valence-electron chi connectivity index (χ2n) is 4.30. The van der Waals surface area contributed by atoms with Crippen LogP contribution in [-0.4, -0.2) is 53.0 Å². The highest BCUT2D eigenvalue weighted by atomic mass is 16.5. The maximum atomic E-state index is 11.7. The Bertz CT molecular complexity index is 511. The molecule has 0 aliphatic heterocycles. The van der Waals surface area contributed by atoms with E-state index in [0.29, 0.717) is 44.3 Å². The predicted molar refractivity (Wildman–Crippen MR) is 85.3 cm³/mol. The standard InChI is InChI=1S/C16H22N2O4/c1-4-7-18-14-6-5-13(16(19)17-2)12-15(14)22-11-10-21-9-8-20-3/h1,5-6,12,18H,7-11H2,2-3H3,(H,17,19). The lowest BCUT2D eigenvalue weighted by Crippen LogP contribution is -2.18. The number of hydrogen-bond donors (Lipinski definition) is 2. The van der Waals surface area contributed by atoms with Crippen LogP contribution in [0.25, 0.3) is 0 Å². The molecule has 0 aromatic heterocycles. The number of hydrogen-bond acceptors (Lipinski definition) is 5. The van der Waals surface area contributed by atoms with Crippen LogP contribution in [0.2, 0.25) is 0 Å². The summed E-state index contributed by atoms with van der Waals surface area (Å²) in [5, 5.41) is 5.63. The van der Waals surface area contributed by atoms with Crippen molar-refractivity contribution in [2.24, 2.45) is 0 Å². The monoisotopic (exact) mass is 306 g/mol. The number of carbonyl (C=O) groups is 1. The third-order valence-corrected chi connectivity index (χ3v) is 2.77. The van der Waals surface area contributed by atoms with E-state index in [0.717, 1.165) is 5.69 Å². The summed E-state index contributed by atoms with van der Waals surface area (Å²) in [4.78, 5) is 11.7. The Hall–Kier alpha value is -2.23. The number of ether oxygens (including phenoxy) is 3. The first-order chi connectivity index (χ1) is 10.7. The Morgan fingerprint density at radius 1 is 1.27 bits per heavy atom. The molecule has 0 radical (unpaired) electrons.